The molecule has 19 heavy (non-hydrogen) atoms. The number of aromatic nitrogens is 1. The quantitative estimate of drug-likeness (QED) is 0.477. The van der Waals surface area contributed by atoms with Gasteiger partial charge in [0, 0.05) is 11.1 Å². The molecule has 0 saturated heterocycles. The first-order valence-electron chi connectivity index (χ1n) is 4.09. The van der Waals surface area contributed by atoms with Gasteiger partial charge in [0.2, 0.25) is 5.82 Å². The maximum absolute atomic E-state index is 12.9. The van der Waals surface area contributed by atoms with Crippen LogP contribution in [0.25, 0.3) is 0 Å². The van der Waals surface area contributed by atoms with Crippen molar-refractivity contribution in [1.29, 1.82) is 0 Å². The molecule has 0 aliphatic rings. The Morgan fingerprint density at radius 3 is 2.11 bits per heavy atom. The van der Waals surface area contributed by atoms with Crippen LogP contribution in [0.4, 0.5) is 36.6 Å². The van der Waals surface area contributed by atoms with E-state index in [2.05, 4.69) is 9.72 Å². The van der Waals surface area contributed by atoms with Gasteiger partial charge < -0.3 is 14.9 Å². The van der Waals surface area contributed by atoms with Crippen LogP contribution in [0.3, 0.4) is 0 Å². The monoisotopic (exact) mass is 294 g/mol. The maximum atomic E-state index is 12.9. The largest absolute Gasteiger partial charge is 0.575 e. The number of alkyl halides is 6. The Morgan fingerprint density at radius 1 is 1.21 bits per heavy atom. The van der Waals surface area contributed by atoms with E-state index in [1.807, 2.05) is 0 Å². The molecule has 1 heterocycles. The number of nitrogens with zero attached hydrogens (tertiary/aromatic N) is 2. The molecule has 0 aliphatic carbocycles. The zero-order chi connectivity index (χ0) is 15.0. The van der Waals surface area contributed by atoms with E-state index < -0.39 is 46.6 Å². The van der Waals surface area contributed by atoms with Crippen LogP contribution in [0.1, 0.15) is 5.56 Å². The Morgan fingerprint density at radius 2 is 1.74 bits per heavy atom. The summed E-state index contributed by atoms with van der Waals surface area (Å²) in [4.78, 5) is 10.9. The molecule has 12 heteroatoms. The fourth-order valence-electron chi connectivity index (χ4n) is 0.992. The third kappa shape index (κ3) is 3.66. The van der Waals surface area contributed by atoms with Gasteiger partial charge in [-0.3, -0.25) is 0 Å². The van der Waals surface area contributed by atoms with Gasteiger partial charge in [0.15, 0.2) is 5.56 Å². The van der Waals surface area contributed by atoms with E-state index in [1.54, 1.807) is 0 Å². The van der Waals surface area contributed by atoms with Gasteiger partial charge in [-0.2, -0.15) is 17.6 Å². The Labute approximate surface area is 98.3 Å². The van der Waals surface area contributed by atoms with Crippen LogP contribution >= 0.6 is 0 Å². The molecule has 1 aromatic rings. The molecule has 1 aromatic heterocycles. The van der Waals surface area contributed by atoms with E-state index in [0.717, 1.165) is 0 Å². The van der Waals surface area contributed by atoms with Gasteiger partial charge in [-0.25, -0.2) is 0 Å². The second-order valence-corrected chi connectivity index (χ2v) is 2.95. The van der Waals surface area contributed by atoms with Crippen molar-refractivity contribution in [2.75, 3.05) is 0 Å². The van der Waals surface area contributed by atoms with Gasteiger partial charge in [0.1, 0.15) is 0 Å². The highest BCUT2D eigenvalue weighted by Gasteiger charge is 2.43. The normalized spacial score (nSPS) is 12.4. The molecule has 0 aliphatic heterocycles. The molecular formula is C7HF7N2O3. The first-order valence-corrected chi connectivity index (χ1v) is 4.09. The molecule has 0 saturated carbocycles. The average Bonchev–Trinajstić information content (AvgIpc) is 2.16. The zero-order valence-electron chi connectivity index (χ0n) is 8.34. The maximum Gasteiger partial charge on any atom is 0.575 e. The molecule has 0 aromatic carbocycles. The summed E-state index contributed by atoms with van der Waals surface area (Å²) in [6.45, 7) is 0. The first kappa shape index (κ1) is 14.9. The van der Waals surface area contributed by atoms with Crippen LogP contribution in [-0.2, 0) is 6.18 Å². The van der Waals surface area contributed by atoms with Gasteiger partial charge in [0.25, 0.3) is 0 Å². The summed E-state index contributed by atoms with van der Waals surface area (Å²) in [7, 11) is 0. The topological polar surface area (TPSA) is 65.3 Å². The second-order valence-electron chi connectivity index (χ2n) is 2.95. The molecular weight excluding hydrogens is 293 g/mol. The number of halogens is 7. The van der Waals surface area contributed by atoms with Crippen LogP contribution in [0.2, 0.25) is 0 Å². The number of rotatable bonds is 2. The van der Waals surface area contributed by atoms with E-state index in [1.165, 1.54) is 0 Å². The minimum Gasteiger partial charge on any atom is -0.364 e. The molecule has 0 N–H and O–H groups in total. The fourth-order valence-corrected chi connectivity index (χ4v) is 0.992. The lowest BCUT2D eigenvalue weighted by Crippen LogP contribution is -2.20. The summed E-state index contributed by atoms with van der Waals surface area (Å²) in [6.07, 6.45) is -10.8. The number of pyridine rings is 1. The lowest BCUT2D eigenvalue weighted by molar-refractivity contribution is -0.393. The van der Waals surface area contributed by atoms with Crippen molar-refractivity contribution in [2.45, 2.75) is 12.5 Å². The minimum absolute atomic E-state index is 0.494. The Bertz CT molecular complexity index is 511. The molecule has 0 unspecified atom stereocenters. The molecule has 0 atom stereocenters. The van der Waals surface area contributed by atoms with Gasteiger partial charge in [-0.15, -0.1) is 13.2 Å². The third-order valence-corrected chi connectivity index (χ3v) is 1.61. The van der Waals surface area contributed by atoms with Crippen molar-refractivity contribution in [1.82, 2.24) is 4.98 Å². The van der Waals surface area contributed by atoms with Gasteiger partial charge in [0.05, 0.1) is 0 Å². The standard InChI is InChI=1S/C7HF7N2O3/c8-3-1-2(6(9,10)11)4(16(17)18)15-5(3)19-7(12,13)14/h1H. The molecule has 106 valence electrons. The summed E-state index contributed by atoms with van der Waals surface area (Å²) in [5.74, 6) is -6.09. The fraction of sp³-hybridized carbons (Fsp3) is 0.286. The van der Waals surface area contributed by atoms with E-state index in [0.29, 0.717) is 0 Å². The summed E-state index contributed by atoms with van der Waals surface area (Å²) in [6, 6.07) is -0.494. The first-order chi connectivity index (χ1) is 8.42. The zero-order valence-corrected chi connectivity index (χ0v) is 8.34. The van der Waals surface area contributed by atoms with Crippen LogP contribution < -0.4 is 4.74 Å². The smallest absolute Gasteiger partial charge is 0.364 e. The summed E-state index contributed by atoms with van der Waals surface area (Å²) >= 11 is 0. The molecule has 0 radical (unpaired) electrons. The lowest BCUT2D eigenvalue weighted by Gasteiger charge is -2.09. The highest BCUT2D eigenvalue weighted by Crippen LogP contribution is 2.38. The van der Waals surface area contributed by atoms with Crippen LogP contribution in [0.15, 0.2) is 6.07 Å². The van der Waals surface area contributed by atoms with Crippen LogP contribution in [-0.4, -0.2) is 16.3 Å². The molecule has 0 fully saturated rings. The number of nitro groups is 1. The lowest BCUT2D eigenvalue weighted by atomic mass is 10.2. The van der Waals surface area contributed by atoms with Gasteiger partial charge in [-0.05, 0) is 4.92 Å². The van der Waals surface area contributed by atoms with E-state index in [4.69, 9.17) is 0 Å². The van der Waals surface area contributed by atoms with Crippen molar-refractivity contribution in [3.05, 3.63) is 27.6 Å². The SMILES string of the molecule is O=[N+]([O-])c1nc(OC(F)(F)F)c(F)cc1C(F)(F)F. The van der Waals surface area contributed by atoms with Crippen molar-refractivity contribution >= 4 is 5.82 Å². The number of ether oxygens (including phenoxy) is 1. The van der Waals surface area contributed by atoms with Gasteiger partial charge >= 0.3 is 24.2 Å². The average molecular weight is 294 g/mol. The van der Waals surface area contributed by atoms with Crippen molar-refractivity contribution in [3.8, 4) is 5.88 Å². The highest BCUT2D eigenvalue weighted by atomic mass is 19.4. The second kappa shape index (κ2) is 4.51. The summed E-state index contributed by atoms with van der Waals surface area (Å²) in [5.41, 5.74) is -2.12. The predicted molar refractivity (Wildman–Crippen MR) is 42.5 cm³/mol. The van der Waals surface area contributed by atoms with Crippen molar-refractivity contribution < 1.29 is 40.4 Å². The van der Waals surface area contributed by atoms with E-state index in [9.17, 15) is 40.8 Å². The molecule has 1 rings (SSSR count). The highest BCUT2D eigenvalue weighted by molar-refractivity contribution is 5.39. The third-order valence-electron chi connectivity index (χ3n) is 1.61. The number of hydrogen-bond acceptors (Lipinski definition) is 4. The van der Waals surface area contributed by atoms with E-state index in [-0.39, 0.29) is 0 Å². The van der Waals surface area contributed by atoms with Crippen LogP contribution in [0, 0.1) is 15.9 Å². The molecule has 0 spiro atoms. The molecule has 5 nitrogen and oxygen atoms in total. The van der Waals surface area contributed by atoms with Crippen molar-refractivity contribution in [3.63, 3.8) is 0 Å². The summed E-state index contributed by atoms with van der Waals surface area (Å²) in [5, 5.41) is 10.3. The Kier molecular flexibility index (Phi) is 3.54. The minimum atomic E-state index is -5.46. The van der Waals surface area contributed by atoms with E-state index >= 15 is 0 Å². The summed E-state index contributed by atoms with van der Waals surface area (Å²) < 4.78 is 88.0. The predicted octanol–water partition coefficient (Wildman–Crippen LogP) is 3.05. The van der Waals surface area contributed by atoms with Crippen molar-refractivity contribution in [2.24, 2.45) is 0 Å². The number of hydrogen-bond donors (Lipinski definition) is 0. The Balaban J connectivity index is 3.42. The Hall–Kier alpha value is -2.14. The van der Waals surface area contributed by atoms with Gasteiger partial charge in [-0.1, -0.05) is 0 Å². The van der Waals surface area contributed by atoms with Crippen LogP contribution in [0.5, 0.6) is 5.88 Å². The molecule has 0 amide bonds. The molecule has 0 bridgehead atoms.